The SMILES string of the molecule is CCC(C)P=C([O-])c1c(OC)ccc(Br)c1OC. The smallest absolute Gasteiger partial charge is 0.143 e. The summed E-state index contributed by atoms with van der Waals surface area (Å²) in [6, 6.07) is 3.58. The molecule has 0 bridgehead atoms. The highest BCUT2D eigenvalue weighted by Crippen LogP contribution is 2.36. The summed E-state index contributed by atoms with van der Waals surface area (Å²) >= 11 is 3.39. The van der Waals surface area contributed by atoms with E-state index in [1.165, 1.54) is 0 Å². The van der Waals surface area contributed by atoms with Crippen LogP contribution in [0.25, 0.3) is 0 Å². The summed E-state index contributed by atoms with van der Waals surface area (Å²) in [5.74, 6) is 1.09. The number of methoxy groups -OCH3 is 2. The molecule has 0 amide bonds. The van der Waals surface area contributed by atoms with Crippen molar-refractivity contribution in [3.05, 3.63) is 22.2 Å². The van der Waals surface area contributed by atoms with Crippen LogP contribution in [-0.4, -0.2) is 25.4 Å². The van der Waals surface area contributed by atoms with Gasteiger partial charge in [0.1, 0.15) is 11.5 Å². The summed E-state index contributed by atoms with van der Waals surface area (Å²) in [4.78, 5) is 0. The average molecular weight is 332 g/mol. The van der Waals surface area contributed by atoms with Crippen LogP contribution < -0.4 is 14.6 Å². The molecular weight excluding hydrogens is 315 g/mol. The molecule has 0 aliphatic carbocycles. The minimum atomic E-state index is 0.0272. The van der Waals surface area contributed by atoms with Crippen LogP contribution in [0.15, 0.2) is 16.6 Å². The maximum Gasteiger partial charge on any atom is 0.143 e. The first-order valence-electron chi connectivity index (χ1n) is 5.70. The van der Waals surface area contributed by atoms with Gasteiger partial charge in [0.15, 0.2) is 0 Å². The van der Waals surface area contributed by atoms with E-state index in [0.717, 1.165) is 19.1 Å². The maximum absolute atomic E-state index is 12.3. The molecule has 1 unspecified atom stereocenters. The molecule has 0 aliphatic rings. The van der Waals surface area contributed by atoms with Crippen LogP contribution in [0.3, 0.4) is 0 Å². The number of hydrogen-bond donors (Lipinski definition) is 0. The molecule has 1 rings (SSSR count). The molecule has 5 heteroatoms. The summed E-state index contributed by atoms with van der Waals surface area (Å²) in [6.45, 7) is 4.12. The van der Waals surface area contributed by atoms with Gasteiger partial charge in [-0.05, 0) is 40.1 Å². The standard InChI is InChI=1S/C13H18BrO3P/c1-5-8(2)18-13(15)11-10(16-3)7-6-9(14)12(11)17-4/h6-8,15H,5H2,1-4H3/p-1. The Morgan fingerprint density at radius 2 is 2.06 bits per heavy atom. The number of halogens is 1. The van der Waals surface area contributed by atoms with E-state index >= 15 is 0 Å². The zero-order chi connectivity index (χ0) is 13.7. The van der Waals surface area contributed by atoms with Gasteiger partial charge in [-0.3, -0.25) is 0 Å². The molecule has 0 aliphatic heterocycles. The van der Waals surface area contributed by atoms with E-state index in [-0.39, 0.29) is 5.48 Å². The van der Waals surface area contributed by atoms with E-state index in [2.05, 4.69) is 29.8 Å². The van der Waals surface area contributed by atoms with E-state index in [9.17, 15) is 5.11 Å². The molecule has 0 aromatic heterocycles. The van der Waals surface area contributed by atoms with Crippen LogP contribution in [0, 0.1) is 0 Å². The fraction of sp³-hybridized carbons (Fsp3) is 0.462. The molecule has 0 saturated heterocycles. The first-order chi connectivity index (χ1) is 8.54. The first-order valence-corrected chi connectivity index (χ1v) is 7.46. The van der Waals surface area contributed by atoms with Crippen molar-refractivity contribution in [3.8, 4) is 11.5 Å². The van der Waals surface area contributed by atoms with Gasteiger partial charge in [-0.1, -0.05) is 13.8 Å². The predicted octanol–water partition coefficient (Wildman–Crippen LogP) is 3.05. The molecule has 0 fully saturated rings. The topological polar surface area (TPSA) is 41.5 Å². The fourth-order valence-electron chi connectivity index (χ4n) is 1.47. The highest BCUT2D eigenvalue weighted by atomic mass is 79.9. The van der Waals surface area contributed by atoms with Gasteiger partial charge in [0.25, 0.3) is 0 Å². The normalized spacial score (nSPS) is 13.3. The lowest BCUT2D eigenvalue weighted by atomic mass is 10.2. The van der Waals surface area contributed by atoms with E-state index in [1.54, 1.807) is 20.3 Å². The van der Waals surface area contributed by atoms with Gasteiger partial charge in [-0.15, -0.1) is 13.7 Å². The Bertz CT molecular complexity index is 446. The minimum absolute atomic E-state index is 0.0272. The number of hydrogen-bond acceptors (Lipinski definition) is 3. The van der Waals surface area contributed by atoms with Crippen molar-refractivity contribution in [1.29, 1.82) is 0 Å². The summed E-state index contributed by atoms with van der Waals surface area (Å²) in [6.07, 6.45) is 0.964. The largest absolute Gasteiger partial charge is 0.823 e. The molecule has 0 heterocycles. The maximum atomic E-state index is 12.3. The lowest BCUT2D eigenvalue weighted by molar-refractivity contribution is -0.207. The lowest BCUT2D eigenvalue weighted by Gasteiger charge is -2.21. The monoisotopic (exact) mass is 331 g/mol. The van der Waals surface area contributed by atoms with Gasteiger partial charge >= 0.3 is 0 Å². The van der Waals surface area contributed by atoms with Crippen LogP contribution >= 0.6 is 24.1 Å². The second-order valence-corrected chi connectivity index (χ2v) is 6.25. The summed E-state index contributed by atoms with van der Waals surface area (Å²) in [5.41, 5.74) is 0.863. The van der Waals surface area contributed by atoms with Gasteiger partial charge in [0.05, 0.1) is 24.3 Å². The zero-order valence-corrected chi connectivity index (χ0v) is 13.5. The molecule has 0 spiro atoms. The molecular formula is C13H17BrO3P-. The van der Waals surface area contributed by atoms with Gasteiger partial charge in [-0.2, -0.15) is 0 Å². The minimum Gasteiger partial charge on any atom is -0.823 e. The zero-order valence-electron chi connectivity index (χ0n) is 11.0. The van der Waals surface area contributed by atoms with E-state index in [4.69, 9.17) is 9.47 Å². The molecule has 100 valence electrons. The number of rotatable bonds is 5. The Balaban J connectivity index is 3.36. The molecule has 0 N–H and O–H groups in total. The molecule has 1 aromatic carbocycles. The van der Waals surface area contributed by atoms with Crippen molar-refractivity contribution in [2.75, 3.05) is 14.2 Å². The van der Waals surface area contributed by atoms with Gasteiger partial charge < -0.3 is 14.6 Å². The Morgan fingerprint density at radius 3 is 2.56 bits per heavy atom. The average Bonchev–Trinajstić information content (AvgIpc) is 2.37. The molecule has 1 aromatic rings. The third-order valence-electron chi connectivity index (χ3n) is 2.64. The molecule has 18 heavy (non-hydrogen) atoms. The van der Waals surface area contributed by atoms with Gasteiger partial charge in [0, 0.05) is 0 Å². The Hall–Kier alpha value is -0.570. The van der Waals surface area contributed by atoms with E-state index in [1.807, 2.05) is 6.07 Å². The third kappa shape index (κ3) is 3.47. The summed E-state index contributed by atoms with van der Waals surface area (Å²) < 4.78 is 11.3. The van der Waals surface area contributed by atoms with Gasteiger partial charge in [-0.25, -0.2) is 0 Å². The van der Waals surface area contributed by atoms with Crippen LogP contribution in [0.5, 0.6) is 11.5 Å². The van der Waals surface area contributed by atoms with Crippen LogP contribution in [0.2, 0.25) is 0 Å². The van der Waals surface area contributed by atoms with Crippen LogP contribution in [0.4, 0.5) is 0 Å². The lowest BCUT2D eigenvalue weighted by Crippen LogP contribution is -2.19. The van der Waals surface area contributed by atoms with E-state index < -0.39 is 0 Å². The van der Waals surface area contributed by atoms with E-state index in [0.29, 0.717) is 22.7 Å². The van der Waals surface area contributed by atoms with Crippen molar-refractivity contribution >= 4 is 29.6 Å². The Kier molecular flexibility index (Phi) is 6.13. The van der Waals surface area contributed by atoms with Crippen molar-refractivity contribution in [2.24, 2.45) is 0 Å². The highest BCUT2D eigenvalue weighted by molar-refractivity contribution is 9.10. The van der Waals surface area contributed by atoms with Crippen molar-refractivity contribution in [2.45, 2.75) is 25.9 Å². The third-order valence-corrected chi connectivity index (χ3v) is 4.53. The molecule has 3 nitrogen and oxygen atoms in total. The Labute approximate surface area is 118 Å². The number of benzene rings is 1. The predicted molar refractivity (Wildman–Crippen MR) is 78.0 cm³/mol. The summed E-state index contributed by atoms with van der Waals surface area (Å²) in [7, 11) is 3.87. The van der Waals surface area contributed by atoms with Crippen molar-refractivity contribution in [3.63, 3.8) is 0 Å². The number of ether oxygens (including phenoxy) is 2. The first kappa shape index (κ1) is 15.5. The second kappa shape index (κ2) is 7.13. The fourth-order valence-corrected chi connectivity index (χ4v) is 2.88. The van der Waals surface area contributed by atoms with Crippen LogP contribution in [-0.2, 0) is 0 Å². The quantitative estimate of drug-likeness (QED) is 0.779. The molecule has 0 saturated carbocycles. The van der Waals surface area contributed by atoms with Gasteiger partial charge in [0.2, 0.25) is 0 Å². The second-order valence-electron chi connectivity index (χ2n) is 3.85. The Morgan fingerprint density at radius 1 is 1.39 bits per heavy atom. The summed E-state index contributed by atoms with van der Waals surface area (Å²) in [5, 5.41) is 12.3. The van der Waals surface area contributed by atoms with Crippen molar-refractivity contribution in [1.82, 2.24) is 0 Å². The molecule has 1 atom stereocenters. The highest BCUT2D eigenvalue weighted by Gasteiger charge is 2.13. The van der Waals surface area contributed by atoms with Crippen molar-refractivity contribution < 1.29 is 14.6 Å². The van der Waals surface area contributed by atoms with Crippen LogP contribution in [0.1, 0.15) is 25.8 Å². The molecule has 0 radical (unpaired) electrons.